The van der Waals surface area contributed by atoms with Crippen LogP contribution in [0.3, 0.4) is 0 Å². The molecule has 4 heteroatoms. The summed E-state index contributed by atoms with van der Waals surface area (Å²) < 4.78 is 1.05. The van der Waals surface area contributed by atoms with Gasteiger partial charge in [0.05, 0.1) is 0 Å². The van der Waals surface area contributed by atoms with Crippen molar-refractivity contribution in [3.63, 3.8) is 0 Å². The second-order valence-electron chi connectivity index (χ2n) is 5.38. The second-order valence-corrected chi connectivity index (χ2v) is 6.17. The van der Waals surface area contributed by atoms with Gasteiger partial charge in [-0.1, -0.05) is 12.1 Å². The van der Waals surface area contributed by atoms with Gasteiger partial charge in [-0.3, -0.25) is 9.80 Å². The van der Waals surface area contributed by atoms with E-state index in [9.17, 15) is 0 Å². The summed E-state index contributed by atoms with van der Waals surface area (Å²) in [6.07, 6.45) is 0. The predicted molar refractivity (Wildman–Crippen MR) is 80.5 cm³/mol. The Morgan fingerprint density at radius 2 is 1.89 bits per heavy atom. The number of hydrogen-bond donors (Lipinski definition) is 1. The molecule has 2 unspecified atom stereocenters. The lowest BCUT2D eigenvalue weighted by molar-refractivity contribution is 0.0555. The van der Waals surface area contributed by atoms with Crippen LogP contribution in [0.2, 0.25) is 0 Å². The third-order valence-electron chi connectivity index (χ3n) is 3.94. The molecule has 1 heterocycles. The molecule has 100 valence electrons. The predicted octanol–water partition coefficient (Wildman–Crippen LogP) is 2.56. The van der Waals surface area contributed by atoms with Crippen LogP contribution in [0.25, 0.3) is 0 Å². The molecule has 18 heavy (non-hydrogen) atoms. The number of anilines is 1. The van der Waals surface area contributed by atoms with Gasteiger partial charge in [-0.25, -0.2) is 0 Å². The van der Waals surface area contributed by atoms with Crippen LogP contribution in [0.5, 0.6) is 0 Å². The van der Waals surface area contributed by atoms with Crippen LogP contribution in [0.1, 0.15) is 19.4 Å². The minimum absolute atomic E-state index is 0.605. The third kappa shape index (κ3) is 2.87. The van der Waals surface area contributed by atoms with Gasteiger partial charge in [0.25, 0.3) is 0 Å². The first-order valence-corrected chi connectivity index (χ1v) is 7.25. The van der Waals surface area contributed by atoms with E-state index in [1.54, 1.807) is 0 Å². The van der Waals surface area contributed by atoms with Crippen LogP contribution in [-0.2, 0) is 6.54 Å². The summed E-state index contributed by atoms with van der Waals surface area (Å²) >= 11 is 3.59. The Balaban J connectivity index is 2.08. The number of halogens is 1. The van der Waals surface area contributed by atoms with Gasteiger partial charge in [-0.2, -0.15) is 0 Å². The zero-order chi connectivity index (χ0) is 13.3. The number of rotatable bonds is 2. The number of benzene rings is 1. The van der Waals surface area contributed by atoms with Crippen LogP contribution in [0, 0.1) is 0 Å². The SMILES string of the molecule is CC1CN(Cc2cccc(N)c2Br)CC(C)N1C. The molecule has 0 amide bonds. The van der Waals surface area contributed by atoms with Crippen molar-refractivity contribution in [2.24, 2.45) is 0 Å². The summed E-state index contributed by atoms with van der Waals surface area (Å²) in [4.78, 5) is 4.96. The van der Waals surface area contributed by atoms with Crippen molar-refractivity contribution in [1.82, 2.24) is 9.80 Å². The van der Waals surface area contributed by atoms with Crippen molar-refractivity contribution in [3.05, 3.63) is 28.2 Å². The van der Waals surface area contributed by atoms with Crippen molar-refractivity contribution in [2.75, 3.05) is 25.9 Å². The normalized spacial score (nSPS) is 26.4. The van der Waals surface area contributed by atoms with Gasteiger partial charge < -0.3 is 5.73 Å². The fraction of sp³-hybridized carbons (Fsp3) is 0.571. The smallest absolute Gasteiger partial charge is 0.0461 e. The Morgan fingerprint density at radius 1 is 1.28 bits per heavy atom. The van der Waals surface area contributed by atoms with E-state index in [0.717, 1.165) is 29.8 Å². The zero-order valence-corrected chi connectivity index (χ0v) is 12.9. The molecular weight excluding hydrogens is 290 g/mol. The molecule has 1 aliphatic heterocycles. The number of nitrogens with zero attached hydrogens (tertiary/aromatic N) is 2. The molecule has 1 aromatic carbocycles. The Morgan fingerprint density at radius 3 is 2.50 bits per heavy atom. The van der Waals surface area contributed by atoms with Gasteiger partial charge >= 0.3 is 0 Å². The molecule has 0 bridgehead atoms. The molecule has 0 radical (unpaired) electrons. The van der Waals surface area contributed by atoms with Gasteiger partial charge in [-0.15, -0.1) is 0 Å². The van der Waals surface area contributed by atoms with Crippen molar-refractivity contribution in [2.45, 2.75) is 32.5 Å². The molecule has 1 saturated heterocycles. The maximum absolute atomic E-state index is 5.93. The number of nitrogen functional groups attached to an aromatic ring is 1. The van der Waals surface area contributed by atoms with Gasteiger partial charge in [0.2, 0.25) is 0 Å². The lowest BCUT2D eigenvalue weighted by atomic mass is 10.1. The minimum atomic E-state index is 0.605. The number of hydrogen-bond acceptors (Lipinski definition) is 3. The van der Waals surface area contributed by atoms with E-state index < -0.39 is 0 Å². The maximum Gasteiger partial charge on any atom is 0.0461 e. The van der Waals surface area contributed by atoms with Gasteiger partial charge in [0.15, 0.2) is 0 Å². The van der Waals surface area contributed by atoms with E-state index in [2.05, 4.69) is 52.7 Å². The van der Waals surface area contributed by atoms with E-state index in [1.165, 1.54) is 5.56 Å². The molecule has 0 spiro atoms. The Hall–Kier alpha value is -0.580. The van der Waals surface area contributed by atoms with Crippen molar-refractivity contribution in [1.29, 1.82) is 0 Å². The van der Waals surface area contributed by atoms with E-state index in [0.29, 0.717) is 12.1 Å². The van der Waals surface area contributed by atoms with Gasteiger partial charge in [0.1, 0.15) is 0 Å². The molecular formula is C14H22BrN3. The Labute approximate surface area is 118 Å². The molecule has 0 saturated carbocycles. The van der Waals surface area contributed by atoms with Crippen LogP contribution >= 0.6 is 15.9 Å². The van der Waals surface area contributed by atoms with E-state index in [-0.39, 0.29) is 0 Å². The lowest BCUT2D eigenvalue weighted by Crippen LogP contribution is -2.54. The number of likely N-dealkylation sites (N-methyl/N-ethyl adjacent to an activating group) is 1. The van der Waals surface area contributed by atoms with Crippen LogP contribution in [0.15, 0.2) is 22.7 Å². The summed E-state index contributed by atoms with van der Waals surface area (Å²) in [7, 11) is 2.21. The summed E-state index contributed by atoms with van der Waals surface area (Å²) in [6, 6.07) is 7.32. The topological polar surface area (TPSA) is 32.5 Å². The summed E-state index contributed by atoms with van der Waals surface area (Å²) in [5.74, 6) is 0. The summed E-state index contributed by atoms with van der Waals surface area (Å²) in [5, 5.41) is 0. The van der Waals surface area contributed by atoms with Gasteiger partial charge in [0, 0.05) is 41.9 Å². The lowest BCUT2D eigenvalue weighted by Gasteiger charge is -2.42. The van der Waals surface area contributed by atoms with E-state index in [4.69, 9.17) is 5.73 Å². The van der Waals surface area contributed by atoms with Crippen LogP contribution < -0.4 is 5.73 Å². The molecule has 2 atom stereocenters. The molecule has 1 aromatic rings. The Bertz CT molecular complexity index is 410. The minimum Gasteiger partial charge on any atom is -0.398 e. The van der Waals surface area contributed by atoms with Gasteiger partial charge in [-0.05, 0) is 48.5 Å². The van der Waals surface area contributed by atoms with Crippen LogP contribution in [0.4, 0.5) is 5.69 Å². The summed E-state index contributed by atoms with van der Waals surface area (Å²) in [6.45, 7) is 7.77. The van der Waals surface area contributed by atoms with E-state index in [1.807, 2.05) is 12.1 Å². The highest BCUT2D eigenvalue weighted by molar-refractivity contribution is 9.10. The average molecular weight is 312 g/mol. The summed E-state index contributed by atoms with van der Waals surface area (Å²) in [5.41, 5.74) is 8.03. The first-order valence-electron chi connectivity index (χ1n) is 6.46. The fourth-order valence-electron chi connectivity index (χ4n) is 2.61. The highest BCUT2D eigenvalue weighted by Crippen LogP contribution is 2.26. The second kappa shape index (κ2) is 5.59. The standard InChI is InChI=1S/C14H22BrN3/c1-10-7-18(8-11(2)17(10)3)9-12-5-4-6-13(16)14(12)15/h4-6,10-11H,7-9,16H2,1-3H3. The fourth-order valence-corrected chi connectivity index (χ4v) is 3.00. The molecule has 2 N–H and O–H groups in total. The molecule has 3 nitrogen and oxygen atoms in total. The third-order valence-corrected chi connectivity index (χ3v) is 4.90. The maximum atomic E-state index is 5.93. The largest absolute Gasteiger partial charge is 0.398 e. The highest BCUT2D eigenvalue weighted by Gasteiger charge is 2.26. The molecule has 1 aliphatic rings. The van der Waals surface area contributed by atoms with Crippen molar-refractivity contribution >= 4 is 21.6 Å². The quantitative estimate of drug-likeness (QED) is 0.852. The van der Waals surface area contributed by atoms with Crippen LogP contribution in [-0.4, -0.2) is 42.0 Å². The molecule has 0 aromatic heterocycles. The number of nitrogens with two attached hydrogens (primary N) is 1. The highest BCUT2D eigenvalue weighted by atomic mass is 79.9. The molecule has 0 aliphatic carbocycles. The first kappa shape index (κ1) is 13.8. The van der Waals surface area contributed by atoms with E-state index >= 15 is 0 Å². The molecule has 1 fully saturated rings. The molecule has 2 rings (SSSR count). The number of piperazine rings is 1. The zero-order valence-electron chi connectivity index (χ0n) is 11.4. The first-order chi connectivity index (χ1) is 8.49. The van der Waals surface area contributed by atoms with Crippen molar-refractivity contribution in [3.8, 4) is 0 Å². The van der Waals surface area contributed by atoms with Crippen molar-refractivity contribution < 1.29 is 0 Å². The Kier molecular flexibility index (Phi) is 4.30. The monoisotopic (exact) mass is 311 g/mol. The average Bonchev–Trinajstić information content (AvgIpc) is 2.32.